The summed E-state index contributed by atoms with van der Waals surface area (Å²) in [5.41, 5.74) is 5.36. The van der Waals surface area contributed by atoms with Crippen molar-refractivity contribution in [2.75, 3.05) is 38.2 Å². The maximum absolute atomic E-state index is 13.3. The van der Waals surface area contributed by atoms with Crippen molar-refractivity contribution in [3.63, 3.8) is 0 Å². The number of imidazole rings is 1. The second-order valence-electron chi connectivity index (χ2n) is 8.14. The lowest BCUT2D eigenvalue weighted by Gasteiger charge is -2.36. The number of hydrogen-bond acceptors (Lipinski definition) is 5. The molecule has 0 bridgehead atoms. The van der Waals surface area contributed by atoms with Gasteiger partial charge in [-0.3, -0.25) is 9.20 Å². The average Bonchev–Trinajstić information content (AvgIpc) is 3.38. The molecule has 0 radical (unpaired) electrons. The van der Waals surface area contributed by atoms with Gasteiger partial charge in [-0.25, -0.2) is 4.98 Å². The molecule has 7 heteroatoms. The van der Waals surface area contributed by atoms with Crippen LogP contribution in [0, 0.1) is 13.8 Å². The van der Waals surface area contributed by atoms with Crippen LogP contribution in [0.1, 0.15) is 20.9 Å². The summed E-state index contributed by atoms with van der Waals surface area (Å²) in [5.74, 6) is 0.925. The second kappa shape index (κ2) is 8.31. The summed E-state index contributed by atoms with van der Waals surface area (Å²) < 4.78 is 7.26. The number of anilines is 1. The molecule has 1 fully saturated rings. The number of ether oxygens (including phenoxy) is 1. The molecule has 1 aliphatic rings. The van der Waals surface area contributed by atoms with Crippen LogP contribution >= 0.6 is 11.3 Å². The number of benzene rings is 2. The smallest absolute Gasteiger partial charge is 0.265 e. The lowest BCUT2D eigenvalue weighted by atomic mass is 10.1. The Labute approximate surface area is 191 Å². The topological polar surface area (TPSA) is 50.1 Å². The van der Waals surface area contributed by atoms with Gasteiger partial charge in [0.1, 0.15) is 10.6 Å². The molecule has 0 aliphatic carbocycles. The molecule has 2 aromatic carbocycles. The molecule has 0 saturated carbocycles. The number of thiazole rings is 1. The van der Waals surface area contributed by atoms with Crippen LogP contribution in [0.3, 0.4) is 0 Å². The number of hydrogen-bond donors (Lipinski definition) is 0. The number of nitrogens with zero attached hydrogens (tertiary/aromatic N) is 4. The number of aryl methyl sites for hydroxylation is 2. The minimum atomic E-state index is 0.105. The van der Waals surface area contributed by atoms with Crippen LogP contribution < -0.4 is 9.64 Å². The lowest BCUT2D eigenvalue weighted by Crippen LogP contribution is -2.48. The normalized spacial score (nSPS) is 14.2. The summed E-state index contributed by atoms with van der Waals surface area (Å²) in [6, 6.07) is 16.4. The molecule has 0 unspecified atom stereocenters. The fraction of sp³-hybridized carbons (Fsp3) is 0.280. The monoisotopic (exact) mass is 446 g/mol. The van der Waals surface area contributed by atoms with Crippen molar-refractivity contribution >= 4 is 27.9 Å². The predicted molar refractivity (Wildman–Crippen MR) is 129 cm³/mol. The Hall–Kier alpha value is -3.32. The van der Waals surface area contributed by atoms with E-state index in [-0.39, 0.29) is 5.91 Å². The highest BCUT2D eigenvalue weighted by Gasteiger charge is 2.26. The molecule has 5 rings (SSSR count). The molecule has 2 aromatic heterocycles. The van der Waals surface area contributed by atoms with E-state index in [0.717, 1.165) is 58.7 Å². The van der Waals surface area contributed by atoms with Crippen LogP contribution in [0.4, 0.5) is 5.69 Å². The Kier molecular flexibility index (Phi) is 5.35. The standard InChI is InChI=1S/C25H26N4O2S/c1-17-5-4-6-20(15-17)27-11-13-28(14-12-27)24(30)23-18(2)29-16-22(26-25(29)32-23)19-7-9-21(31-3)10-8-19/h4-10,15-16H,11-14H2,1-3H3. The third kappa shape index (κ3) is 3.73. The van der Waals surface area contributed by atoms with Gasteiger partial charge in [0, 0.05) is 49.3 Å². The van der Waals surface area contributed by atoms with Gasteiger partial charge in [0.05, 0.1) is 12.8 Å². The van der Waals surface area contributed by atoms with Gasteiger partial charge in [0.15, 0.2) is 4.96 Å². The van der Waals surface area contributed by atoms with E-state index >= 15 is 0 Å². The van der Waals surface area contributed by atoms with Gasteiger partial charge in [-0.05, 0) is 55.8 Å². The molecule has 3 heterocycles. The molecule has 1 saturated heterocycles. The number of carbonyl (C=O) groups excluding carboxylic acids is 1. The highest BCUT2D eigenvalue weighted by molar-refractivity contribution is 7.19. The predicted octanol–water partition coefficient (Wildman–Crippen LogP) is 4.65. The fourth-order valence-corrected chi connectivity index (χ4v) is 5.26. The van der Waals surface area contributed by atoms with E-state index in [2.05, 4.69) is 36.1 Å². The average molecular weight is 447 g/mol. The van der Waals surface area contributed by atoms with Gasteiger partial charge >= 0.3 is 0 Å². The zero-order valence-corrected chi connectivity index (χ0v) is 19.4. The summed E-state index contributed by atoms with van der Waals surface area (Å²) in [5, 5.41) is 0. The molecule has 6 nitrogen and oxygen atoms in total. The van der Waals surface area contributed by atoms with E-state index in [4.69, 9.17) is 9.72 Å². The summed E-state index contributed by atoms with van der Waals surface area (Å²) in [6.45, 7) is 7.25. The van der Waals surface area contributed by atoms with Crippen molar-refractivity contribution in [3.8, 4) is 17.0 Å². The van der Waals surface area contributed by atoms with Crippen LogP contribution in [0.25, 0.3) is 16.2 Å². The van der Waals surface area contributed by atoms with Gasteiger partial charge in [-0.2, -0.15) is 0 Å². The first-order valence-electron chi connectivity index (χ1n) is 10.8. The van der Waals surface area contributed by atoms with E-state index in [1.807, 2.05) is 46.7 Å². The van der Waals surface area contributed by atoms with E-state index < -0.39 is 0 Å². The second-order valence-corrected chi connectivity index (χ2v) is 9.12. The summed E-state index contributed by atoms with van der Waals surface area (Å²) in [6.07, 6.45) is 2.01. The Bertz CT molecular complexity index is 1270. The van der Waals surface area contributed by atoms with E-state index in [9.17, 15) is 4.79 Å². The molecule has 0 N–H and O–H groups in total. The molecule has 32 heavy (non-hydrogen) atoms. The first-order valence-corrected chi connectivity index (χ1v) is 11.6. The zero-order valence-electron chi connectivity index (χ0n) is 18.5. The lowest BCUT2D eigenvalue weighted by molar-refractivity contribution is 0.0750. The van der Waals surface area contributed by atoms with Gasteiger partial charge in [0.2, 0.25) is 0 Å². The Morgan fingerprint density at radius 1 is 1.03 bits per heavy atom. The molecule has 1 aliphatic heterocycles. The van der Waals surface area contributed by atoms with Crippen LogP contribution in [-0.2, 0) is 0 Å². The Morgan fingerprint density at radius 2 is 1.78 bits per heavy atom. The quantitative estimate of drug-likeness (QED) is 0.458. The van der Waals surface area contributed by atoms with E-state index in [0.29, 0.717) is 0 Å². The fourth-order valence-electron chi connectivity index (χ4n) is 4.19. The van der Waals surface area contributed by atoms with Gasteiger partial charge in [0.25, 0.3) is 5.91 Å². The molecule has 1 amide bonds. The Balaban J connectivity index is 1.32. The van der Waals surface area contributed by atoms with Crippen molar-refractivity contribution in [2.24, 2.45) is 0 Å². The Morgan fingerprint density at radius 3 is 2.44 bits per heavy atom. The molecular weight excluding hydrogens is 420 g/mol. The zero-order chi connectivity index (χ0) is 22.2. The molecule has 0 atom stereocenters. The number of fused-ring (bicyclic) bond motifs is 1. The van der Waals surface area contributed by atoms with E-state index in [1.165, 1.54) is 22.6 Å². The first kappa shape index (κ1) is 20.6. The third-order valence-electron chi connectivity index (χ3n) is 6.07. The number of carbonyl (C=O) groups is 1. The summed E-state index contributed by atoms with van der Waals surface area (Å²) in [4.78, 5) is 24.0. The maximum atomic E-state index is 13.3. The number of piperazine rings is 1. The molecular formula is C25H26N4O2S. The highest BCUT2D eigenvalue weighted by atomic mass is 32.1. The van der Waals surface area contributed by atoms with Crippen molar-refractivity contribution in [1.82, 2.24) is 14.3 Å². The largest absolute Gasteiger partial charge is 0.497 e. The van der Waals surface area contributed by atoms with Crippen LogP contribution in [0.2, 0.25) is 0 Å². The number of methoxy groups -OCH3 is 1. The number of aromatic nitrogens is 2. The highest BCUT2D eigenvalue weighted by Crippen LogP contribution is 2.29. The van der Waals surface area contributed by atoms with E-state index in [1.54, 1.807) is 7.11 Å². The minimum absolute atomic E-state index is 0.105. The van der Waals surface area contributed by atoms with Gasteiger partial charge in [-0.15, -0.1) is 0 Å². The molecule has 0 spiro atoms. The van der Waals surface area contributed by atoms with Gasteiger partial charge < -0.3 is 14.5 Å². The van der Waals surface area contributed by atoms with Gasteiger partial charge in [-0.1, -0.05) is 23.5 Å². The van der Waals surface area contributed by atoms with Crippen LogP contribution in [0.15, 0.2) is 54.7 Å². The number of amides is 1. The van der Waals surface area contributed by atoms with Crippen molar-refractivity contribution in [1.29, 1.82) is 0 Å². The summed E-state index contributed by atoms with van der Waals surface area (Å²) >= 11 is 1.47. The maximum Gasteiger partial charge on any atom is 0.265 e. The van der Waals surface area contributed by atoms with Crippen molar-refractivity contribution in [2.45, 2.75) is 13.8 Å². The minimum Gasteiger partial charge on any atom is -0.497 e. The molecule has 4 aromatic rings. The van der Waals surface area contributed by atoms with Crippen LogP contribution in [-0.4, -0.2) is 53.5 Å². The third-order valence-corrected chi connectivity index (χ3v) is 7.22. The van der Waals surface area contributed by atoms with Crippen molar-refractivity contribution < 1.29 is 9.53 Å². The summed E-state index contributed by atoms with van der Waals surface area (Å²) in [7, 11) is 1.66. The molecule has 164 valence electrons. The first-order chi connectivity index (χ1) is 15.5. The number of rotatable bonds is 4. The van der Waals surface area contributed by atoms with Crippen molar-refractivity contribution in [3.05, 3.63) is 70.9 Å². The van der Waals surface area contributed by atoms with Crippen LogP contribution in [0.5, 0.6) is 5.75 Å². The SMILES string of the molecule is COc1ccc(-c2cn3c(C)c(C(=O)N4CCN(c5cccc(C)c5)CC4)sc3n2)cc1.